The standard InChI is InChI=1S/C18H17FN2O5/c1-24-17(22)10-15(18(23)25-2)21-12-6-7-16(14(19)9-12)26-11-13-5-3-4-8-20-13/h3-10,21H,11H2,1-2H3/b15-10+. The number of rotatable bonds is 7. The lowest BCUT2D eigenvalue weighted by molar-refractivity contribution is -0.138. The van der Waals surface area contributed by atoms with Crippen LogP contribution in [0.4, 0.5) is 10.1 Å². The molecule has 0 fully saturated rings. The fraction of sp³-hybridized carbons (Fsp3) is 0.167. The third-order valence-corrected chi connectivity index (χ3v) is 3.18. The van der Waals surface area contributed by atoms with Gasteiger partial charge in [-0.05, 0) is 24.3 Å². The molecule has 1 N–H and O–H groups in total. The first kappa shape index (κ1) is 18.9. The van der Waals surface area contributed by atoms with Crippen molar-refractivity contribution in [3.63, 3.8) is 0 Å². The molecule has 0 unspecified atom stereocenters. The number of esters is 2. The number of carbonyl (C=O) groups excluding carboxylic acids is 2. The van der Waals surface area contributed by atoms with Gasteiger partial charge < -0.3 is 19.5 Å². The molecule has 0 saturated heterocycles. The Labute approximate surface area is 149 Å². The monoisotopic (exact) mass is 360 g/mol. The summed E-state index contributed by atoms with van der Waals surface area (Å²) in [6.07, 6.45) is 2.53. The SMILES string of the molecule is COC(=O)/C=C(/Nc1ccc(OCc2ccccn2)c(F)c1)C(=O)OC. The number of benzene rings is 1. The van der Waals surface area contributed by atoms with Crippen LogP contribution in [0.25, 0.3) is 0 Å². The first-order chi connectivity index (χ1) is 12.5. The van der Waals surface area contributed by atoms with Crippen LogP contribution in [0.15, 0.2) is 54.4 Å². The summed E-state index contributed by atoms with van der Waals surface area (Å²) in [4.78, 5) is 27.1. The Morgan fingerprint density at radius 1 is 1.19 bits per heavy atom. The molecule has 2 rings (SSSR count). The van der Waals surface area contributed by atoms with Crippen molar-refractivity contribution >= 4 is 17.6 Å². The Morgan fingerprint density at radius 3 is 2.62 bits per heavy atom. The fourth-order valence-electron chi connectivity index (χ4n) is 1.92. The smallest absolute Gasteiger partial charge is 0.354 e. The topological polar surface area (TPSA) is 86.8 Å². The van der Waals surface area contributed by atoms with Gasteiger partial charge in [-0.3, -0.25) is 4.98 Å². The van der Waals surface area contributed by atoms with E-state index >= 15 is 0 Å². The second-order valence-corrected chi connectivity index (χ2v) is 4.95. The number of nitrogens with zero attached hydrogens (tertiary/aromatic N) is 1. The van der Waals surface area contributed by atoms with Gasteiger partial charge in [-0.2, -0.15) is 0 Å². The second-order valence-electron chi connectivity index (χ2n) is 4.95. The maximum atomic E-state index is 14.2. The van der Waals surface area contributed by atoms with Crippen molar-refractivity contribution in [1.29, 1.82) is 0 Å². The first-order valence-electron chi connectivity index (χ1n) is 7.50. The number of pyridine rings is 1. The quantitative estimate of drug-likeness (QED) is 0.599. The highest BCUT2D eigenvalue weighted by atomic mass is 19.1. The number of ether oxygens (including phenoxy) is 3. The minimum Gasteiger partial charge on any atom is -0.484 e. The largest absolute Gasteiger partial charge is 0.484 e. The predicted octanol–water partition coefficient (Wildman–Crippen LogP) is 2.44. The van der Waals surface area contributed by atoms with Crippen molar-refractivity contribution in [3.8, 4) is 5.75 Å². The van der Waals surface area contributed by atoms with Crippen LogP contribution in [0.5, 0.6) is 5.75 Å². The molecule has 0 saturated carbocycles. The van der Waals surface area contributed by atoms with E-state index in [1.165, 1.54) is 19.2 Å². The van der Waals surface area contributed by atoms with Gasteiger partial charge in [0.15, 0.2) is 11.6 Å². The van der Waals surface area contributed by atoms with E-state index in [0.717, 1.165) is 19.3 Å². The third-order valence-electron chi connectivity index (χ3n) is 3.18. The molecule has 1 heterocycles. The van der Waals surface area contributed by atoms with Crippen LogP contribution in [0, 0.1) is 5.82 Å². The normalized spacial score (nSPS) is 10.8. The zero-order chi connectivity index (χ0) is 18.9. The van der Waals surface area contributed by atoms with E-state index in [-0.39, 0.29) is 23.7 Å². The molecule has 1 aromatic carbocycles. The highest BCUT2D eigenvalue weighted by Crippen LogP contribution is 2.23. The van der Waals surface area contributed by atoms with Crippen LogP contribution in [-0.2, 0) is 25.7 Å². The number of hydrogen-bond donors (Lipinski definition) is 1. The molecule has 8 heteroatoms. The molecule has 0 aliphatic rings. The lowest BCUT2D eigenvalue weighted by Crippen LogP contribution is -2.15. The van der Waals surface area contributed by atoms with Crippen molar-refractivity contribution in [2.75, 3.05) is 19.5 Å². The van der Waals surface area contributed by atoms with Crippen LogP contribution < -0.4 is 10.1 Å². The van der Waals surface area contributed by atoms with E-state index < -0.39 is 17.8 Å². The molecule has 0 aliphatic carbocycles. The highest BCUT2D eigenvalue weighted by Gasteiger charge is 2.14. The molecule has 0 aliphatic heterocycles. The fourth-order valence-corrected chi connectivity index (χ4v) is 1.92. The summed E-state index contributed by atoms with van der Waals surface area (Å²) in [5.41, 5.74) is 0.692. The van der Waals surface area contributed by atoms with Crippen molar-refractivity contribution in [1.82, 2.24) is 4.98 Å². The lowest BCUT2D eigenvalue weighted by Gasteiger charge is -2.11. The number of anilines is 1. The van der Waals surface area contributed by atoms with Gasteiger partial charge in [-0.25, -0.2) is 14.0 Å². The molecular formula is C18H17FN2O5. The molecule has 7 nitrogen and oxygen atoms in total. The zero-order valence-electron chi connectivity index (χ0n) is 14.2. The van der Waals surface area contributed by atoms with Crippen molar-refractivity contribution in [2.24, 2.45) is 0 Å². The van der Waals surface area contributed by atoms with Gasteiger partial charge in [0.2, 0.25) is 0 Å². The predicted molar refractivity (Wildman–Crippen MR) is 90.7 cm³/mol. The molecule has 26 heavy (non-hydrogen) atoms. The number of nitrogens with one attached hydrogen (secondary N) is 1. The summed E-state index contributed by atoms with van der Waals surface area (Å²) >= 11 is 0. The van der Waals surface area contributed by atoms with Crippen molar-refractivity contribution < 1.29 is 28.2 Å². The van der Waals surface area contributed by atoms with Gasteiger partial charge >= 0.3 is 11.9 Å². The number of hydrogen-bond acceptors (Lipinski definition) is 7. The first-order valence-corrected chi connectivity index (χ1v) is 7.50. The molecular weight excluding hydrogens is 343 g/mol. The van der Waals surface area contributed by atoms with E-state index in [4.69, 9.17) is 4.74 Å². The van der Waals surface area contributed by atoms with Crippen LogP contribution in [0.1, 0.15) is 5.69 Å². The third kappa shape index (κ3) is 5.30. The summed E-state index contributed by atoms with van der Waals surface area (Å²) in [6, 6.07) is 9.34. The van der Waals surface area contributed by atoms with E-state index in [9.17, 15) is 14.0 Å². The molecule has 0 amide bonds. The number of halogens is 1. The van der Waals surface area contributed by atoms with E-state index in [1.54, 1.807) is 24.4 Å². The molecule has 0 atom stereocenters. The number of aromatic nitrogens is 1. The Balaban J connectivity index is 2.10. The number of carbonyl (C=O) groups is 2. The van der Waals surface area contributed by atoms with E-state index in [1.807, 2.05) is 0 Å². The summed E-state index contributed by atoms with van der Waals surface area (Å²) in [7, 11) is 2.32. The zero-order valence-corrected chi connectivity index (χ0v) is 14.2. The van der Waals surface area contributed by atoms with Gasteiger partial charge in [-0.1, -0.05) is 6.07 Å². The molecule has 1 aromatic heterocycles. The van der Waals surface area contributed by atoms with Crippen LogP contribution >= 0.6 is 0 Å². The number of methoxy groups -OCH3 is 2. The van der Waals surface area contributed by atoms with Gasteiger partial charge in [-0.15, -0.1) is 0 Å². The average Bonchev–Trinajstić information content (AvgIpc) is 2.66. The Kier molecular flexibility index (Phi) is 6.67. The lowest BCUT2D eigenvalue weighted by atomic mass is 10.2. The Morgan fingerprint density at radius 2 is 2.00 bits per heavy atom. The minimum absolute atomic E-state index is 0.0257. The van der Waals surface area contributed by atoms with E-state index in [2.05, 4.69) is 19.8 Å². The van der Waals surface area contributed by atoms with Crippen molar-refractivity contribution in [2.45, 2.75) is 6.61 Å². The second kappa shape index (κ2) is 9.16. The van der Waals surface area contributed by atoms with Crippen LogP contribution in [-0.4, -0.2) is 31.1 Å². The molecule has 0 radical (unpaired) electrons. The average molecular weight is 360 g/mol. The van der Waals surface area contributed by atoms with Crippen molar-refractivity contribution in [3.05, 3.63) is 65.9 Å². The van der Waals surface area contributed by atoms with Crippen LogP contribution in [0.3, 0.4) is 0 Å². The van der Waals surface area contributed by atoms with E-state index in [0.29, 0.717) is 5.69 Å². The summed E-state index contributed by atoms with van der Waals surface area (Å²) in [5.74, 6) is -2.18. The molecule has 0 bridgehead atoms. The maximum Gasteiger partial charge on any atom is 0.354 e. The van der Waals surface area contributed by atoms with Gasteiger partial charge in [0.25, 0.3) is 0 Å². The molecule has 136 valence electrons. The Bertz CT molecular complexity index is 808. The van der Waals surface area contributed by atoms with Gasteiger partial charge in [0, 0.05) is 18.0 Å². The molecule has 0 spiro atoms. The molecule has 2 aromatic rings. The van der Waals surface area contributed by atoms with Gasteiger partial charge in [0.1, 0.15) is 12.3 Å². The van der Waals surface area contributed by atoms with Crippen LogP contribution in [0.2, 0.25) is 0 Å². The summed E-state index contributed by atoms with van der Waals surface area (Å²) < 4.78 is 28.6. The highest BCUT2D eigenvalue weighted by molar-refractivity contribution is 5.98. The maximum absolute atomic E-state index is 14.2. The minimum atomic E-state index is -0.800. The Hall–Kier alpha value is -3.42. The van der Waals surface area contributed by atoms with Gasteiger partial charge in [0.05, 0.1) is 26.0 Å². The summed E-state index contributed by atoms with van der Waals surface area (Å²) in [6.45, 7) is 0.111. The summed E-state index contributed by atoms with van der Waals surface area (Å²) in [5, 5.41) is 2.61.